The third kappa shape index (κ3) is 4.04. The highest BCUT2D eigenvalue weighted by Gasteiger charge is 2.66. The average molecular weight is 367 g/mol. The molecule has 0 aliphatic rings. The summed E-state index contributed by atoms with van der Waals surface area (Å²) in [5.74, 6) is -3.07. The minimum absolute atomic E-state index is 0.500. The van der Waals surface area contributed by atoms with Crippen LogP contribution in [0.2, 0.25) is 0 Å². The highest BCUT2D eigenvalue weighted by atomic mass is 32.2. The van der Waals surface area contributed by atoms with E-state index in [1.54, 1.807) is 0 Å². The van der Waals surface area contributed by atoms with E-state index in [2.05, 4.69) is 4.74 Å². The Bertz CT molecular complexity index is 717. The number of carbonyl (C=O) groups excluding carboxylic acids is 1. The Kier molecular flexibility index (Phi) is 4.87. The number of anilines is 1. The lowest BCUT2D eigenvalue weighted by atomic mass is 10.2. The van der Waals surface area contributed by atoms with Crippen LogP contribution in [0.3, 0.4) is 0 Å². The molecule has 0 aromatic heterocycles. The monoisotopic (exact) mass is 367 g/mol. The summed E-state index contributed by atoms with van der Waals surface area (Å²) in [7, 11) is -6.55. The molecule has 130 valence electrons. The normalized spacial score (nSPS) is 14.4. The molecule has 0 fully saturated rings. The predicted molar refractivity (Wildman–Crippen MR) is 62.6 cm³/mol. The van der Waals surface area contributed by atoms with Gasteiger partial charge in [0.25, 0.3) is 6.10 Å². The van der Waals surface area contributed by atoms with Crippen molar-refractivity contribution in [2.75, 3.05) is 5.73 Å². The minimum atomic E-state index is -6.55. The quantitative estimate of drug-likeness (QED) is 0.365. The van der Waals surface area contributed by atoms with Gasteiger partial charge in [-0.25, -0.2) is 9.18 Å². The number of nitrogen functional groups attached to an aromatic ring is 1. The number of hydrogen-bond acceptors (Lipinski definition) is 5. The van der Waals surface area contributed by atoms with Gasteiger partial charge in [0.05, 0.1) is 5.56 Å². The van der Waals surface area contributed by atoms with Gasteiger partial charge in [0.1, 0.15) is 5.82 Å². The van der Waals surface area contributed by atoms with Crippen LogP contribution in [0, 0.1) is 5.82 Å². The van der Waals surface area contributed by atoms with Crippen molar-refractivity contribution in [2.45, 2.75) is 17.5 Å². The van der Waals surface area contributed by atoms with Crippen LogP contribution in [0.15, 0.2) is 18.2 Å². The Morgan fingerprint density at radius 2 is 1.74 bits per heavy atom. The topological polar surface area (TPSA) is 107 Å². The van der Waals surface area contributed by atoms with E-state index in [1.807, 2.05) is 0 Å². The van der Waals surface area contributed by atoms with E-state index in [-0.39, 0.29) is 0 Å². The Morgan fingerprint density at radius 1 is 1.22 bits per heavy atom. The fourth-order valence-electron chi connectivity index (χ4n) is 1.35. The first-order valence-corrected chi connectivity index (χ1v) is 6.79. The van der Waals surface area contributed by atoms with Crippen LogP contribution in [0.1, 0.15) is 10.4 Å². The van der Waals surface area contributed by atoms with Crippen LogP contribution in [0.4, 0.5) is 32.0 Å². The second-order valence-electron chi connectivity index (χ2n) is 4.10. The maximum Gasteiger partial charge on any atom is 0.432 e. The molecule has 0 amide bonds. The van der Waals surface area contributed by atoms with Crippen LogP contribution < -0.4 is 5.73 Å². The number of ether oxygens (including phenoxy) is 1. The molecule has 1 rings (SSSR count). The van der Waals surface area contributed by atoms with Crippen LogP contribution in [-0.4, -0.2) is 36.5 Å². The van der Waals surface area contributed by atoms with Crippen LogP contribution in [0.5, 0.6) is 0 Å². The van der Waals surface area contributed by atoms with Gasteiger partial charge in [0.15, 0.2) is 0 Å². The molecule has 0 heterocycles. The van der Waals surface area contributed by atoms with E-state index in [9.17, 15) is 39.6 Å². The van der Waals surface area contributed by atoms with Gasteiger partial charge in [-0.05, 0) is 18.2 Å². The fraction of sp³-hybridized carbons (Fsp3) is 0.300. The summed E-state index contributed by atoms with van der Waals surface area (Å²) in [5.41, 5.74) is 3.48. The van der Waals surface area contributed by atoms with E-state index < -0.39 is 50.7 Å². The molecule has 0 saturated heterocycles. The second kappa shape index (κ2) is 5.88. The van der Waals surface area contributed by atoms with Crippen LogP contribution in [-0.2, 0) is 14.9 Å². The van der Waals surface area contributed by atoms with Crippen molar-refractivity contribution in [2.24, 2.45) is 0 Å². The van der Waals surface area contributed by atoms with E-state index in [0.717, 1.165) is 0 Å². The lowest BCUT2D eigenvalue weighted by Gasteiger charge is -2.26. The summed E-state index contributed by atoms with van der Waals surface area (Å²) in [6.07, 6.45) is -10.5. The van der Waals surface area contributed by atoms with Crippen molar-refractivity contribution in [3.63, 3.8) is 0 Å². The highest BCUT2D eigenvalue weighted by molar-refractivity contribution is 7.86. The molecule has 0 bridgehead atoms. The Balaban J connectivity index is 3.25. The zero-order valence-electron chi connectivity index (χ0n) is 10.6. The summed E-state index contributed by atoms with van der Waals surface area (Å²) < 4.78 is 109. The molecule has 1 aromatic rings. The van der Waals surface area contributed by atoms with Crippen LogP contribution >= 0.6 is 0 Å². The zero-order chi connectivity index (χ0) is 18.2. The van der Waals surface area contributed by atoms with Gasteiger partial charge >= 0.3 is 27.5 Å². The van der Waals surface area contributed by atoms with E-state index >= 15 is 0 Å². The van der Waals surface area contributed by atoms with Gasteiger partial charge in [-0.2, -0.15) is 30.4 Å². The van der Waals surface area contributed by atoms with Crippen molar-refractivity contribution in [1.29, 1.82) is 0 Å². The Hall–Kier alpha value is -2.02. The SMILES string of the molecule is Nc1cc(F)ccc1C(=O)OC(C(F)(F)F)C(F)(F)S(=O)(=O)O. The van der Waals surface area contributed by atoms with E-state index in [1.165, 1.54) is 0 Å². The Morgan fingerprint density at radius 3 is 2.13 bits per heavy atom. The number of halogens is 6. The van der Waals surface area contributed by atoms with E-state index in [4.69, 9.17) is 10.3 Å². The molecule has 3 N–H and O–H groups in total. The summed E-state index contributed by atoms with van der Waals surface area (Å²) in [6.45, 7) is 0. The summed E-state index contributed by atoms with van der Waals surface area (Å²) in [4.78, 5) is 11.5. The fourth-order valence-corrected chi connectivity index (χ4v) is 1.80. The largest absolute Gasteiger partial charge is 0.441 e. The maximum absolute atomic E-state index is 13.2. The number of rotatable bonds is 4. The first-order valence-electron chi connectivity index (χ1n) is 5.35. The molecule has 6 nitrogen and oxygen atoms in total. The number of esters is 1. The second-order valence-corrected chi connectivity index (χ2v) is 5.59. The van der Waals surface area contributed by atoms with Gasteiger partial charge in [-0.15, -0.1) is 0 Å². The van der Waals surface area contributed by atoms with E-state index in [0.29, 0.717) is 18.2 Å². The molecular weight excluding hydrogens is 360 g/mol. The molecule has 1 aromatic carbocycles. The maximum atomic E-state index is 13.2. The lowest BCUT2D eigenvalue weighted by molar-refractivity contribution is -0.248. The highest BCUT2D eigenvalue weighted by Crippen LogP contribution is 2.38. The smallest absolute Gasteiger partial charge is 0.432 e. The standard InChI is InChI=1S/C10H7F6NO5S/c11-4-1-2-5(6(17)3-4)7(18)22-8(9(12,13)14)10(15,16)23(19,20)21/h1-3,8H,17H2,(H,19,20,21). The number of alkyl halides is 5. The number of nitrogens with two attached hydrogens (primary N) is 1. The summed E-state index contributed by atoms with van der Waals surface area (Å²) in [6, 6.07) is 1.63. The molecule has 13 heteroatoms. The molecule has 0 radical (unpaired) electrons. The van der Waals surface area contributed by atoms with Crippen molar-refractivity contribution in [1.82, 2.24) is 0 Å². The number of hydrogen-bond donors (Lipinski definition) is 2. The van der Waals surface area contributed by atoms with Gasteiger partial charge in [0, 0.05) is 5.69 Å². The van der Waals surface area contributed by atoms with Crippen LogP contribution in [0.25, 0.3) is 0 Å². The van der Waals surface area contributed by atoms with Crippen molar-refractivity contribution in [3.05, 3.63) is 29.6 Å². The molecule has 0 spiro atoms. The first kappa shape index (κ1) is 19.0. The molecular formula is C10H7F6NO5S. The minimum Gasteiger partial charge on any atom is -0.441 e. The molecule has 0 aliphatic carbocycles. The molecule has 23 heavy (non-hydrogen) atoms. The van der Waals surface area contributed by atoms with Crippen molar-refractivity contribution < 1.29 is 48.8 Å². The third-order valence-corrected chi connectivity index (χ3v) is 3.31. The van der Waals surface area contributed by atoms with Gasteiger partial charge in [-0.1, -0.05) is 0 Å². The third-order valence-electron chi connectivity index (χ3n) is 2.40. The molecule has 1 unspecified atom stereocenters. The first-order chi connectivity index (χ1) is 10.2. The average Bonchev–Trinajstić information content (AvgIpc) is 2.32. The molecule has 0 aliphatic heterocycles. The molecule has 1 atom stereocenters. The Labute approximate surface area is 124 Å². The number of carbonyl (C=O) groups is 1. The van der Waals surface area contributed by atoms with Crippen molar-refractivity contribution >= 4 is 21.8 Å². The zero-order valence-corrected chi connectivity index (χ0v) is 11.5. The van der Waals surface area contributed by atoms with Gasteiger partial charge in [-0.3, -0.25) is 4.55 Å². The summed E-state index contributed by atoms with van der Waals surface area (Å²) >= 11 is 0. The van der Waals surface area contributed by atoms with Crippen molar-refractivity contribution in [3.8, 4) is 0 Å². The van der Waals surface area contributed by atoms with Gasteiger partial charge in [0.2, 0.25) is 0 Å². The van der Waals surface area contributed by atoms with Gasteiger partial charge < -0.3 is 10.5 Å². The lowest BCUT2D eigenvalue weighted by Crippen LogP contribution is -2.52. The number of benzene rings is 1. The predicted octanol–water partition coefficient (Wildman–Crippen LogP) is 1.98. The summed E-state index contributed by atoms with van der Waals surface area (Å²) in [5, 5.41) is -5.87. The molecule has 0 saturated carbocycles.